The van der Waals surface area contributed by atoms with Crippen molar-refractivity contribution in [3.8, 4) is 18.2 Å². The Morgan fingerprint density at radius 2 is 1.90 bits per heavy atom. The summed E-state index contributed by atoms with van der Waals surface area (Å²) in [5.74, 6) is -1.05. The first-order valence-electron chi connectivity index (χ1n) is 5.11. The Bertz CT molecular complexity index is 718. The summed E-state index contributed by atoms with van der Waals surface area (Å²) in [6.45, 7) is 1.28. The third kappa shape index (κ3) is 2.69. The van der Waals surface area contributed by atoms with Gasteiger partial charge in [0.15, 0.2) is 5.57 Å². The Morgan fingerprint density at radius 1 is 1.30 bits per heavy atom. The number of hydrogen-bond acceptors (Lipinski definition) is 6. The minimum Gasteiger partial charge on any atom is -0.345 e. The number of rotatable bonds is 3. The molecule has 98 valence electrons. The fourth-order valence-electron chi connectivity index (χ4n) is 1.37. The average Bonchev–Trinajstić information content (AvgIpc) is 2.43. The number of allylic oxidation sites excluding steroid dienone is 2. The molecule has 0 fully saturated rings. The quantitative estimate of drug-likeness (QED) is 0.510. The monoisotopic (exact) mass is 271 g/mol. The Morgan fingerprint density at radius 3 is 2.35 bits per heavy atom. The molecule has 0 saturated heterocycles. The first kappa shape index (κ1) is 14.6. The van der Waals surface area contributed by atoms with Crippen molar-refractivity contribution in [2.24, 2.45) is 0 Å². The van der Waals surface area contributed by atoms with Crippen molar-refractivity contribution >= 4 is 11.4 Å². The van der Waals surface area contributed by atoms with Crippen molar-refractivity contribution < 1.29 is 9.31 Å². The molecule has 0 aromatic heterocycles. The second-order valence-corrected chi connectivity index (χ2v) is 3.54. The van der Waals surface area contributed by atoms with Gasteiger partial charge in [-0.05, 0) is 13.0 Å². The van der Waals surface area contributed by atoms with Crippen molar-refractivity contribution in [3.63, 3.8) is 0 Å². The van der Waals surface area contributed by atoms with Crippen molar-refractivity contribution in [2.45, 2.75) is 6.92 Å². The van der Waals surface area contributed by atoms with E-state index in [9.17, 15) is 14.5 Å². The topological polar surface area (TPSA) is 127 Å². The summed E-state index contributed by atoms with van der Waals surface area (Å²) in [5, 5.41) is 39.2. The smallest absolute Gasteiger partial charge is 0.305 e. The Hall–Kier alpha value is -3.44. The zero-order valence-electron chi connectivity index (χ0n) is 10.1. The van der Waals surface area contributed by atoms with Gasteiger partial charge in [-0.25, -0.2) is 0 Å². The molecule has 1 aromatic carbocycles. The van der Waals surface area contributed by atoms with Crippen LogP contribution < -0.4 is 5.32 Å². The van der Waals surface area contributed by atoms with Crippen LogP contribution in [0.4, 0.5) is 15.8 Å². The van der Waals surface area contributed by atoms with E-state index >= 15 is 0 Å². The minimum absolute atomic E-state index is 0.0626. The molecule has 0 unspecified atom stereocenters. The van der Waals surface area contributed by atoms with Crippen LogP contribution in [0.5, 0.6) is 0 Å². The molecule has 0 heterocycles. The number of nitrogens with one attached hydrogen (secondary N) is 1. The van der Waals surface area contributed by atoms with Crippen LogP contribution >= 0.6 is 0 Å². The summed E-state index contributed by atoms with van der Waals surface area (Å²) in [4.78, 5) is 9.69. The Labute approximate surface area is 112 Å². The fraction of sp³-hybridized carbons (Fsp3) is 0.0833. The van der Waals surface area contributed by atoms with E-state index in [0.29, 0.717) is 0 Å². The zero-order valence-corrected chi connectivity index (χ0v) is 10.1. The second-order valence-electron chi connectivity index (χ2n) is 3.54. The van der Waals surface area contributed by atoms with Crippen LogP contribution in [-0.4, -0.2) is 4.92 Å². The molecule has 8 heteroatoms. The lowest BCUT2D eigenvalue weighted by Crippen LogP contribution is -2.04. The van der Waals surface area contributed by atoms with Crippen LogP contribution in [0.3, 0.4) is 0 Å². The summed E-state index contributed by atoms with van der Waals surface area (Å²) in [6, 6.07) is 6.76. The molecule has 0 spiro atoms. The number of nitro groups is 1. The standard InChI is InChI=1S/C12H6FN5O2/c1-7-9(2-3-11(12(7)13)18(19)20)17-10(6-16)8(4-14)5-15/h2-3,17H,1H3. The lowest BCUT2D eigenvalue weighted by atomic mass is 10.1. The lowest BCUT2D eigenvalue weighted by molar-refractivity contribution is -0.387. The summed E-state index contributed by atoms with van der Waals surface area (Å²) in [6.07, 6.45) is 0. The number of nitrogens with zero attached hydrogens (tertiary/aromatic N) is 4. The number of nitro benzene ring substituents is 1. The third-order valence-electron chi connectivity index (χ3n) is 2.41. The SMILES string of the molecule is Cc1c(NC(C#N)=C(C#N)C#N)ccc([N+](=O)[O-])c1F. The van der Waals surface area contributed by atoms with E-state index in [2.05, 4.69) is 5.32 Å². The predicted molar refractivity (Wildman–Crippen MR) is 65.3 cm³/mol. The van der Waals surface area contributed by atoms with Gasteiger partial charge >= 0.3 is 5.69 Å². The van der Waals surface area contributed by atoms with E-state index in [0.717, 1.165) is 6.07 Å². The van der Waals surface area contributed by atoms with E-state index in [1.165, 1.54) is 25.1 Å². The Balaban J connectivity index is 3.33. The molecule has 0 aliphatic carbocycles. The average molecular weight is 271 g/mol. The second kappa shape index (κ2) is 5.94. The van der Waals surface area contributed by atoms with Gasteiger partial charge in [0.1, 0.15) is 23.9 Å². The number of anilines is 1. The van der Waals surface area contributed by atoms with Gasteiger partial charge in [0.05, 0.1) is 4.92 Å². The van der Waals surface area contributed by atoms with Crippen LogP contribution in [0, 0.1) is 56.8 Å². The Kier molecular flexibility index (Phi) is 4.34. The van der Waals surface area contributed by atoms with Gasteiger partial charge < -0.3 is 5.32 Å². The van der Waals surface area contributed by atoms with E-state index in [1.54, 1.807) is 6.07 Å². The van der Waals surface area contributed by atoms with Gasteiger partial charge in [-0.2, -0.15) is 20.2 Å². The molecule has 7 nitrogen and oxygen atoms in total. The molecule has 1 aromatic rings. The highest BCUT2D eigenvalue weighted by molar-refractivity contribution is 5.63. The number of nitriles is 3. The summed E-state index contributed by atoms with van der Waals surface area (Å²) >= 11 is 0. The molecule has 20 heavy (non-hydrogen) atoms. The summed E-state index contributed by atoms with van der Waals surface area (Å²) in [5.41, 5.74) is -1.55. The molecular formula is C12H6FN5O2. The van der Waals surface area contributed by atoms with Crippen molar-refractivity contribution in [2.75, 3.05) is 5.32 Å². The maximum absolute atomic E-state index is 13.7. The van der Waals surface area contributed by atoms with Gasteiger partial charge in [-0.15, -0.1) is 0 Å². The summed E-state index contributed by atoms with van der Waals surface area (Å²) in [7, 11) is 0. The molecule has 0 atom stereocenters. The van der Waals surface area contributed by atoms with E-state index in [-0.39, 0.29) is 16.9 Å². The first-order valence-corrected chi connectivity index (χ1v) is 5.11. The molecule has 0 radical (unpaired) electrons. The highest BCUT2D eigenvalue weighted by Gasteiger charge is 2.19. The van der Waals surface area contributed by atoms with Crippen LogP contribution in [0.2, 0.25) is 0 Å². The number of hydrogen-bond donors (Lipinski definition) is 1. The maximum atomic E-state index is 13.7. The van der Waals surface area contributed by atoms with E-state index in [1.807, 2.05) is 0 Å². The molecule has 0 amide bonds. The van der Waals surface area contributed by atoms with Crippen molar-refractivity contribution in [3.05, 3.63) is 44.9 Å². The van der Waals surface area contributed by atoms with Gasteiger partial charge in [0, 0.05) is 17.3 Å². The largest absolute Gasteiger partial charge is 0.345 e. The normalized spacial score (nSPS) is 8.75. The van der Waals surface area contributed by atoms with Crippen LogP contribution in [0.15, 0.2) is 23.4 Å². The van der Waals surface area contributed by atoms with Gasteiger partial charge in [-0.3, -0.25) is 10.1 Å². The van der Waals surface area contributed by atoms with Crippen LogP contribution in [-0.2, 0) is 0 Å². The van der Waals surface area contributed by atoms with Crippen molar-refractivity contribution in [1.29, 1.82) is 15.8 Å². The van der Waals surface area contributed by atoms with E-state index < -0.39 is 22.0 Å². The first-order chi connectivity index (χ1) is 9.46. The molecule has 1 rings (SSSR count). The van der Waals surface area contributed by atoms with Gasteiger partial charge in [-0.1, -0.05) is 0 Å². The fourth-order valence-corrected chi connectivity index (χ4v) is 1.37. The zero-order chi connectivity index (χ0) is 15.3. The van der Waals surface area contributed by atoms with Crippen LogP contribution in [0.25, 0.3) is 0 Å². The molecule has 0 saturated carbocycles. The molecule has 0 bridgehead atoms. The summed E-state index contributed by atoms with van der Waals surface area (Å²) < 4.78 is 13.7. The molecular weight excluding hydrogens is 265 g/mol. The molecule has 0 aliphatic heterocycles. The molecule has 0 aliphatic rings. The number of benzene rings is 1. The minimum atomic E-state index is -1.05. The lowest BCUT2D eigenvalue weighted by Gasteiger charge is -2.08. The van der Waals surface area contributed by atoms with Gasteiger partial charge in [0.25, 0.3) is 0 Å². The predicted octanol–water partition coefficient (Wildman–Crippen LogP) is 2.28. The third-order valence-corrected chi connectivity index (χ3v) is 2.41. The maximum Gasteiger partial charge on any atom is 0.305 e. The molecule has 1 N–H and O–H groups in total. The highest BCUT2D eigenvalue weighted by atomic mass is 19.1. The van der Waals surface area contributed by atoms with Crippen LogP contribution in [0.1, 0.15) is 5.56 Å². The van der Waals surface area contributed by atoms with Crippen molar-refractivity contribution in [1.82, 2.24) is 0 Å². The van der Waals surface area contributed by atoms with Gasteiger partial charge in [0.2, 0.25) is 5.82 Å². The van der Waals surface area contributed by atoms with E-state index in [4.69, 9.17) is 15.8 Å². The highest BCUT2D eigenvalue weighted by Crippen LogP contribution is 2.27. The number of halogens is 1.